The van der Waals surface area contributed by atoms with Crippen LogP contribution in [0.1, 0.15) is 16.1 Å². The highest BCUT2D eigenvalue weighted by atomic mass is 32.1. The number of ether oxygens (including phenoxy) is 3. The smallest absolute Gasteiger partial charge is 0.436 e. The molecule has 1 aliphatic heterocycles. The lowest BCUT2D eigenvalue weighted by Crippen LogP contribution is -2.36. The third kappa shape index (κ3) is 4.09. The van der Waals surface area contributed by atoms with Gasteiger partial charge in [-0.15, -0.1) is 0 Å². The Morgan fingerprint density at radius 1 is 1.21 bits per heavy atom. The number of morpholine rings is 1. The zero-order chi connectivity index (χ0) is 20.3. The topological polar surface area (TPSA) is 98.7 Å². The van der Waals surface area contributed by atoms with Crippen molar-refractivity contribution in [2.75, 3.05) is 50.7 Å². The third-order valence-electron chi connectivity index (χ3n) is 3.79. The van der Waals surface area contributed by atoms with E-state index in [1.54, 1.807) is 0 Å². The number of amides is 1. The van der Waals surface area contributed by atoms with Gasteiger partial charge in [0.15, 0.2) is 16.4 Å². The number of hydrogen-bond donors (Lipinski definition) is 1. The number of hydrogen-bond acceptors (Lipinski definition) is 9. The van der Waals surface area contributed by atoms with Crippen LogP contribution in [0.15, 0.2) is 6.33 Å². The Bertz CT molecular complexity index is 832. The molecule has 2 aromatic rings. The molecule has 0 saturated carbocycles. The van der Waals surface area contributed by atoms with E-state index in [2.05, 4.69) is 20.3 Å². The van der Waals surface area contributed by atoms with Gasteiger partial charge < -0.3 is 19.1 Å². The molecule has 9 nitrogen and oxygen atoms in total. The lowest BCUT2D eigenvalue weighted by atomic mass is 10.3. The van der Waals surface area contributed by atoms with Crippen molar-refractivity contribution in [3.63, 3.8) is 0 Å². The number of carbonyl (C=O) groups excluding carboxylic acids is 1. The second-order valence-electron chi connectivity index (χ2n) is 5.49. The second kappa shape index (κ2) is 8.14. The molecule has 3 rings (SSSR count). The van der Waals surface area contributed by atoms with Gasteiger partial charge in [-0.25, -0.2) is 15.0 Å². The summed E-state index contributed by atoms with van der Waals surface area (Å²) in [6.07, 6.45) is -3.53. The summed E-state index contributed by atoms with van der Waals surface area (Å²) in [5, 5.41) is 2.06. The third-order valence-corrected chi connectivity index (χ3v) is 4.82. The van der Waals surface area contributed by atoms with Gasteiger partial charge in [0.2, 0.25) is 11.8 Å². The molecule has 0 atom stereocenters. The lowest BCUT2D eigenvalue weighted by Gasteiger charge is -2.28. The molecular formula is C15H16F3N5O4S. The van der Waals surface area contributed by atoms with E-state index >= 15 is 0 Å². The maximum absolute atomic E-state index is 13.4. The molecule has 1 aliphatic rings. The molecule has 1 fully saturated rings. The van der Waals surface area contributed by atoms with Crippen molar-refractivity contribution >= 4 is 27.4 Å². The van der Waals surface area contributed by atoms with Gasteiger partial charge in [0.05, 0.1) is 27.4 Å². The average Bonchev–Trinajstić information content (AvgIpc) is 3.12. The Morgan fingerprint density at radius 2 is 1.82 bits per heavy atom. The van der Waals surface area contributed by atoms with Gasteiger partial charge in [0.25, 0.3) is 5.91 Å². The summed E-state index contributed by atoms with van der Waals surface area (Å²) < 4.78 is 55.5. The fraction of sp³-hybridized carbons (Fsp3) is 0.467. The Kier molecular flexibility index (Phi) is 5.84. The first kappa shape index (κ1) is 20.1. The summed E-state index contributed by atoms with van der Waals surface area (Å²) in [7, 11) is 2.58. The number of nitrogens with one attached hydrogen (secondary N) is 1. The Balaban J connectivity index is 1.93. The second-order valence-corrected chi connectivity index (χ2v) is 6.47. The van der Waals surface area contributed by atoms with Gasteiger partial charge in [-0.1, -0.05) is 11.3 Å². The SMILES string of the molecule is COc1ncnc(OC)c1C(=O)Nc1nc(C(F)(F)F)c(N2CCOCC2)s1. The van der Waals surface area contributed by atoms with Gasteiger partial charge in [0.1, 0.15) is 11.3 Å². The number of aromatic nitrogens is 3. The standard InChI is InChI=1S/C15H16F3N5O4S/c1-25-11-8(12(26-2)20-7-19-11)10(24)22-14-21-9(15(16,17)18)13(28-14)23-3-5-27-6-4-23/h7H,3-6H2,1-2H3,(H,21,22,24). The first-order chi connectivity index (χ1) is 13.3. The summed E-state index contributed by atoms with van der Waals surface area (Å²) in [4.78, 5) is 25.4. The van der Waals surface area contributed by atoms with Crippen molar-refractivity contribution in [1.82, 2.24) is 15.0 Å². The molecule has 1 amide bonds. The molecule has 0 bridgehead atoms. The van der Waals surface area contributed by atoms with Crippen molar-refractivity contribution < 1.29 is 32.2 Å². The number of nitrogens with zero attached hydrogens (tertiary/aromatic N) is 4. The van der Waals surface area contributed by atoms with Gasteiger partial charge in [0, 0.05) is 13.1 Å². The normalized spacial score (nSPS) is 14.7. The number of methoxy groups -OCH3 is 2. The molecule has 0 aromatic carbocycles. The minimum atomic E-state index is -4.67. The summed E-state index contributed by atoms with van der Waals surface area (Å²) in [6.45, 7) is 1.22. The Morgan fingerprint density at radius 3 is 2.36 bits per heavy atom. The van der Waals surface area contributed by atoms with E-state index in [1.165, 1.54) is 19.1 Å². The summed E-state index contributed by atoms with van der Waals surface area (Å²) in [5.41, 5.74) is -1.21. The van der Waals surface area contributed by atoms with Gasteiger partial charge in [-0.3, -0.25) is 10.1 Å². The molecule has 0 unspecified atom stereocenters. The molecule has 2 aromatic heterocycles. The highest BCUT2D eigenvalue weighted by molar-refractivity contribution is 7.19. The van der Waals surface area contributed by atoms with Crippen LogP contribution >= 0.6 is 11.3 Å². The number of thiazole rings is 1. The zero-order valence-electron chi connectivity index (χ0n) is 14.9. The van der Waals surface area contributed by atoms with E-state index in [1.807, 2.05) is 0 Å². The predicted octanol–water partition coefficient (Wildman–Crippen LogP) is 2.06. The molecule has 3 heterocycles. The molecule has 1 N–H and O–H groups in total. The highest BCUT2D eigenvalue weighted by Crippen LogP contribution is 2.42. The molecule has 152 valence electrons. The van der Waals surface area contributed by atoms with Crippen LogP contribution in [0.4, 0.5) is 23.3 Å². The van der Waals surface area contributed by atoms with Crippen molar-refractivity contribution in [3.05, 3.63) is 17.6 Å². The largest absolute Gasteiger partial charge is 0.480 e. The predicted molar refractivity (Wildman–Crippen MR) is 93.2 cm³/mol. The van der Waals surface area contributed by atoms with E-state index < -0.39 is 17.8 Å². The fourth-order valence-corrected chi connectivity index (χ4v) is 3.58. The molecule has 0 aliphatic carbocycles. The first-order valence-corrected chi connectivity index (χ1v) is 8.81. The molecule has 13 heteroatoms. The van der Waals surface area contributed by atoms with Gasteiger partial charge in [-0.2, -0.15) is 13.2 Å². The van der Waals surface area contributed by atoms with Crippen LogP contribution in [0.25, 0.3) is 0 Å². The molecule has 0 radical (unpaired) electrons. The van der Waals surface area contributed by atoms with Crippen LogP contribution in [0, 0.1) is 0 Å². The fourth-order valence-electron chi connectivity index (χ4n) is 2.55. The zero-order valence-corrected chi connectivity index (χ0v) is 15.7. The van der Waals surface area contributed by atoms with Crippen LogP contribution < -0.4 is 19.7 Å². The number of anilines is 2. The van der Waals surface area contributed by atoms with Crippen LogP contribution in [0.5, 0.6) is 11.8 Å². The van der Waals surface area contributed by atoms with E-state index in [0.29, 0.717) is 26.3 Å². The van der Waals surface area contributed by atoms with Crippen molar-refractivity contribution in [2.45, 2.75) is 6.18 Å². The van der Waals surface area contributed by atoms with Crippen molar-refractivity contribution in [1.29, 1.82) is 0 Å². The summed E-state index contributed by atoms with van der Waals surface area (Å²) in [5.74, 6) is -0.957. The van der Waals surface area contributed by atoms with E-state index in [9.17, 15) is 18.0 Å². The van der Waals surface area contributed by atoms with E-state index in [-0.39, 0.29) is 27.5 Å². The first-order valence-electron chi connectivity index (χ1n) is 8.00. The van der Waals surface area contributed by atoms with Crippen LogP contribution in [-0.4, -0.2) is 61.4 Å². The Labute approximate surface area is 161 Å². The maximum Gasteiger partial charge on any atom is 0.436 e. The van der Waals surface area contributed by atoms with Gasteiger partial charge >= 0.3 is 6.18 Å². The minimum Gasteiger partial charge on any atom is -0.480 e. The van der Waals surface area contributed by atoms with Gasteiger partial charge in [-0.05, 0) is 0 Å². The van der Waals surface area contributed by atoms with E-state index in [0.717, 1.165) is 17.7 Å². The minimum absolute atomic E-state index is 0.0747. The average molecular weight is 419 g/mol. The van der Waals surface area contributed by atoms with Crippen molar-refractivity contribution in [2.24, 2.45) is 0 Å². The summed E-state index contributed by atoms with van der Waals surface area (Å²) >= 11 is 0.728. The number of carbonyl (C=O) groups is 1. The van der Waals surface area contributed by atoms with E-state index in [4.69, 9.17) is 14.2 Å². The monoisotopic (exact) mass is 419 g/mol. The molecule has 28 heavy (non-hydrogen) atoms. The lowest BCUT2D eigenvalue weighted by molar-refractivity contribution is -0.140. The maximum atomic E-state index is 13.4. The summed E-state index contributed by atoms with van der Waals surface area (Å²) in [6, 6.07) is 0. The quantitative estimate of drug-likeness (QED) is 0.787. The van der Waals surface area contributed by atoms with Crippen LogP contribution in [-0.2, 0) is 10.9 Å². The highest BCUT2D eigenvalue weighted by Gasteiger charge is 2.40. The van der Waals surface area contributed by atoms with Crippen molar-refractivity contribution in [3.8, 4) is 11.8 Å². The molecular weight excluding hydrogens is 403 g/mol. The number of alkyl halides is 3. The van der Waals surface area contributed by atoms with Crippen LogP contribution in [0.2, 0.25) is 0 Å². The molecule has 0 spiro atoms. The Hall–Kier alpha value is -2.67. The molecule has 1 saturated heterocycles. The van der Waals surface area contributed by atoms with Crippen LogP contribution in [0.3, 0.4) is 0 Å². The number of halogens is 3. The number of rotatable bonds is 5.